The van der Waals surface area contributed by atoms with Crippen LogP contribution in [0.5, 0.6) is 0 Å². The van der Waals surface area contributed by atoms with E-state index in [1.54, 1.807) is 7.11 Å². The van der Waals surface area contributed by atoms with E-state index in [4.69, 9.17) is 9.84 Å². The minimum atomic E-state index is 0.244. The van der Waals surface area contributed by atoms with E-state index in [1.807, 2.05) is 0 Å². The Morgan fingerprint density at radius 3 is 2.31 bits per heavy atom. The highest BCUT2D eigenvalue weighted by molar-refractivity contribution is 4.57. The Kier molecular flexibility index (Phi) is 9.94. The molecular formula is C11H24O2. The van der Waals surface area contributed by atoms with Crippen molar-refractivity contribution in [3.63, 3.8) is 0 Å². The van der Waals surface area contributed by atoms with Gasteiger partial charge in [-0.1, -0.05) is 39.0 Å². The van der Waals surface area contributed by atoms with Crippen molar-refractivity contribution < 1.29 is 9.84 Å². The molecule has 2 nitrogen and oxygen atoms in total. The molecular weight excluding hydrogens is 164 g/mol. The van der Waals surface area contributed by atoms with E-state index in [0.717, 1.165) is 12.8 Å². The SMILES string of the molecule is CCCCCCC[C@H](CCO)OC. The van der Waals surface area contributed by atoms with Crippen LogP contribution >= 0.6 is 0 Å². The highest BCUT2D eigenvalue weighted by Crippen LogP contribution is 2.10. The summed E-state index contributed by atoms with van der Waals surface area (Å²) in [5.74, 6) is 0. The molecule has 0 aromatic rings. The lowest BCUT2D eigenvalue weighted by Crippen LogP contribution is -2.12. The van der Waals surface area contributed by atoms with E-state index >= 15 is 0 Å². The van der Waals surface area contributed by atoms with Gasteiger partial charge in [0, 0.05) is 13.7 Å². The molecule has 0 heterocycles. The molecule has 0 saturated carbocycles. The fraction of sp³-hybridized carbons (Fsp3) is 1.00. The monoisotopic (exact) mass is 188 g/mol. The molecule has 0 aliphatic rings. The van der Waals surface area contributed by atoms with Gasteiger partial charge in [0.05, 0.1) is 6.10 Å². The first kappa shape index (κ1) is 12.9. The maximum absolute atomic E-state index is 8.73. The Hall–Kier alpha value is -0.0800. The van der Waals surface area contributed by atoms with E-state index < -0.39 is 0 Å². The molecule has 0 saturated heterocycles. The lowest BCUT2D eigenvalue weighted by Gasteiger charge is -2.13. The van der Waals surface area contributed by atoms with Crippen LogP contribution < -0.4 is 0 Å². The number of methoxy groups -OCH3 is 1. The molecule has 0 fully saturated rings. The van der Waals surface area contributed by atoms with Crippen molar-refractivity contribution >= 4 is 0 Å². The predicted molar refractivity (Wildman–Crippen MR) is 55.9 cm³/mol. The Morgan fingerprint density at radius 2 is 1.77 bits per heavy atom. The number of hydrogen-bond donors (Lipinski definition) is 1. The molecule has 1 N–H and O–H groups in total. The lowest BCUT2D eigenvalue weighted by molar-refractivity contribution is 0.0691. The van der Waals surface area contributed by atoms with Gasteiger partial charge in [0.2, 0.25) is 0 Å². The molecule has 0 radical (unpaired) electrons. The average molecular weight is 188 g/mol. The van der Waals surface area contributed by atoms with E-state index in [-0.39, 0.29) is 12.7 Å². The van der Waals surface area contributed by atoms with E-state index in [9.17, 15) is 0 Å². The molecule has 0 spiro atoms. The third kappa shape index (κ3) is 8.26. The highest BCUT2D eigenvalue weighted by Gasteiger charge is 2.04. The van der Waals surface area contributed by atoms with Crippen LogP contribution in [-0.2, 0) is 4.74 Å². The summed E-state index contributed by atoms with van der Waals surface area (Å²) in [6.07, 6.45) is 8.67. The minimum Gasteiger partial charge on any atom is -0.396 e. The smallest absolute Gasteiger partial charge is 0.0593 e. The maximum Gasteiger partial charge on any atom is 0.0593 e. The van der Waals surface area contributed by atoms with Gasteiger partial charge < -0.3 is 9.84 Å². The number of aliphatic hydroxyl groups is 1. The normalized spacial score (nSPS) is 13.2. The zero-order valence-corrected chi connectivity index (χ0v) is 9.09. The molecule has 13 heavy (non-hydrogen) atoms. The van der Waals surface area contributed by atoms with Crippen molar-refractivity contribution in [3.05, 3.63) is 0 Å². The van der Waals surface area contributed by atoms with Gasteiger partial charge in [-0.15, -0.1) is 0 Å². The molecule has 0 aromatic heterocycles. The van der Waals surface area contributed by atoms with Gasteiger partial charge in [0.1, 0.15) is 0 Å². The number of hydrogen-bond acceptors (Lipinski definition) is 2. The fourth-order valence-corrected chi connectivity index (χ4v) is 1.50. The fourth-order valence-electron chi connectivity index (χ4n) is 1.50. The standard InChI is InChI=1S/C11H24O2/c1-3-4-5-6-7-8-11(13-2)9-10-12/h11-12H,3-10H2,1-2H3/t11-/m1/s1. The third-order valence-corrected chi connectivity index (χ3v) is 2.41. The zero-order valence-electron chi connectivity index (χ0n) is 9.09. The first-order chi connectivity index (χ1) is 6.35. The van der Waals surface area contributed by atoms with Crippen molar-refractivity contribution in [3.8, 4) is 0 Å². The van der Waals surface area contributed by atoms with Crippen LogP contribution in [-0.4, -0.2) is 24.9 Å². The highest BCUT2D eigenvalue weighted by atomic mass is 16.5. The van der Waals surface area contributed by atoms with E-state index in [1.165, 1.54) is 32.1 Å². The Labute approximate surface area is 82.3 Å². The molecule has 0 aliphatic heterocycles. The quantitative estimate of drug-likeness (QED) is 0.564. The van der Waals surface area contributed by atoms with Gasteiger partial charge in [-0.2, -0.15) is 0 Å². The first-order valence-corrected chi connectivity index (χ1v) is 5.48. The van der Waals surface area contributed by atoms with Crippen LogP contribution in [0.15, 0.2) is 0 Å². The maximum atomic E-state index is 8.73. The molecule has 2 heteroatoms. The van der Waals surface area contributed by atoms with Gasteiger partial charge in [0.15, 0.2) is 0 Å². The van der Waals surface area contributed by atoms with Crippen LogP contribution in [0, 0.1) is 0 Å². The van der Waals surface area contributed by atoms with Gasteiger partial charge >= 0.3 is 0 Å². The predicted octanol–water partition coefficient (Wildman–Crippen LogP) is 2.74. The summed E-state index contributed by atoms with van der Waals surface area (Å²) in [7, 11) is 1.73. The van der Waals surface area contributed by atoms with E-state index in [2.05, 4.69) is 6.92 Å². The Bertz CT molecular complexity index is 94.1. The molecule has 0 aliphatic carbocycles. The van der Waals surface area contributed by atoms with Crippen molar-refractivity contribution in [2.45, 2.75) is 58.0 Å². The third-order valence-electron chi connectivity index (χ3n) is 2.41. The van der Waals surface area contributed by atoms with Crippen LogP contribution in [0.3, 0.4) is 0 Å². The molecule has 0 amide bonds. The topological polar surface area (TPSA) is 29.5 Å². The van der Waals surface area contributed by atoms with Gasteiger partial charge in [0.25, 0.3) is 0 Å². The summed E-state index contributed by atoms with van der Waals surface area (Å²) in [4.78, 5) is 0. The summed E-state index contributed by atoms with van der Waals surface area (Å²) < 4.78 is 5.24. The summed E-state index contributed by atoms with van der Waals surface area (Å²) in [5, 5.41) is 8.73. The Morgan fingerprint density at radius 1 is 1.08 bits per heavy atom. The number of rotatable bonds is 9. The van der Waals surface area contributed by atoms with Gasteiger partial charge in [-0.25, -0.2) is 0 Å². The van der Waals surface area contributed by atoms with Crippen LogP contribution in [0.1, 0.15) is 51.9 Å². The molecule has 1 atom stereocenters. The second-order valence-corrected chi connectivity index (χ2v) is 3.57. The molecule has 0 unspecified atom stereocenters. The van der Waals surface area contributed by atoms with Crippen LogP contribution in [0.2, 0.25) is 0 Å². The first-order valence-electron chi connectivity index (χ1n) is 5.48. The summed E-state index contributed by atoms with van der Waals surface area (Å²) >= 11 is 0. The van der Waals surface area contributed by atoms with E-state index in [0.29, 0.717) is 0 Å². The number of ether oxygens (including phenoxy) is 1. The van der Waals surface area contributed by atoms with Gasteiger partial charge in [-0.3, -0.25) is 0 Å². The van der Waals surface area contributed by atoms with Crippen molar-refractivity contribution in [2.75, 3.05) is 13.7 Å². The zero-order chi connectivity index (χ0) is 9.94. The second-order valence-electron chi connectivity index (χ2n) is 3.57. The van der Waals surface area contributed by atoms with Crippen LogP contribution in [0.25, 0.3) is 0 Å². The number of unbranched alkanes of at least 4 members (excludes halogenated alkanes) is 4. The molecule has 0 bridgehead atoms. The van der Waals surface area contributed by atoms with Crippen molar-refractivity contribution in [1.82, 2.24) is 0 Å². The molecule has 0 rings (SSSR count). The summed E-state index contributed by atoms with van der Waals surface area (Å²) in [6.45, 7) is 2.47. The lowest BCUT2D eigenvalue weighted by atomic mass is 10.1. The number of aliphatic hydroxyl groups excluding tert-OH is 1. The van der Waals surface area contributed by atoms with Crippen LogP contribution in [0.4, 0.5) is 0 Å². The second kappa shape index (κ2) is 10.0. The Balaban J connectivity index is 3.17. The summed E-state index contributed by atoms with van der Waals surface area (Å²) in [5.41, 5.74) is 0. The van der Waals surface area contributed by atoms with Crippen molar-refractivity contribution in [2.24, 2.45) is 0 Å². The van der Waals surface area contributed by atoms with Crippen molar-refractivity contribution in [1.29, 1.82) is 0 Å². The minimum absolute atomic E-state index is 0.244. The van der Waals surface area contributed by atoms with Gasteiger partial charge in [-0.05, 0) is 12.8 Å². The molecule has 80 valence electrons. The summed E-state index contributed by atoms with van der Waals surface area (Å²) in [6, 6.07) is 0. The molecule has 0 aromatic carbocycles. The average Bonchev–Trinajstić information content (AvgIpc) is 2.16. The largest absolute Gasteiger partial charge is 0.396 e.